The third kappa shape index (κ3) is 2.52. The highest BCUT2D eigenvalue weighted by atomic mass is 32.2. The van der Waals surface area contributed by atoms with Crippen LogP contribution in [0.3, 0.4) is 0 Å². The molecule has 0 fully saturated rings. The van der Waals surface area contributed by atoms with E-state index in [-0.39, 0.29) is 11.5 Å². The van der Waals surface area contributed by atoms with E-state index < -0.39 is 5.76 Å². The first-order chi connectivity index (χ1) is 11.6. The van der Waals surface area contributed by atoms with Gasteiger partial charge < -0.3 is 8.83 Å². The van der Waals surface area contributed by atoms with Crippen molar-refractivity contribution in [1.82, 2.24) is 9.55 Å². The van der Waals surface area contributed by atoms with Gasteiger partial charge in [0, 0.05) is 12.6 Å². The topological polar surface area (TPSA) is 78.2 Å². The minimum atomic E-state index is -0.449. The van der Waals surface area contributed by atoms with E-state index in [4.69, 9.17) is 8.83 Å². The van der Waals surface area contributed by atoms with Crippen LogP contribution in [-0.4, -0.2) is 21.1 Å². The maximum Gasteiger partial charge on any atom is 0.419 e. The molecule has 120 valence electrons. The average molecular weight is 340 g/mol. The van der Waals surface area contributed by atoms with Crippen LogP contribution in [0.2, 0.25) is 0 Å². The van der Waals surface area contributed by atoms with Gasteiger partial charge in [0.25, 0.3) is 5.22 Å². The fourth-order valence-corrected chi connectivity index (χ4v) is 3.16. The molecule has 6 nitrogen and oxygen atoms in total. The lowest BCUT2D eigenvalue weighted by atomic mass is 10.1. The van der Waals surface area contributed by atoms with Crippen molar-refractivity contribution in [1.29, 1.82) is 0 Å². The van der Waals surface area contributed by atoms with Crippen molar-refractivity contribution in [3.05, 3.63) is 58.6 Å². The molecule has 0 aliphatic rings. The Balaban J connectivity index is 1.54. The van der Waals surface area contributed by atoms with E-state index in [1.807, 2.05) is 24.3 Å². The van der Waals surface area contributed by atoms with Gasteiger partial charge in [-0.15, -0.1) is 0 Å². The molecule has 0 unspecified atom stereocenters. The number of thioether (sulfide) groups is 1. The summed E-state index contributed by atoms with van der Waals surface area (Å²) in [4.78, 5) is 28.2. The average Bonchev–Trinajstić information content (AvgIpc) is 3.13. The summed E-state index contributed by atoms with van der Waals surface area (Å²) in [6, 6.07) is 12.4. The molecule has 0 aliphatic heterocycles. The second-order valence-corrected chi connectivity index (χ2v) is 6.20. The molecular weight excluding hydrogens is 328 g/mol. The largest absolute Gasteiger partial charge is 0.431 e. The van der Waals surface area contributed by atoms with E-state index in [1.54, 1.807) is 25.2 Å². The molecule has 4 rings (SSSR count). The predicted octanol–water partition coefficient (Wildman–Crippen LogP) is 3.25. The number of aryl methyl sites for hydroxylation is 1. The van der Waals surface area contributed by atoms with Gasteiger partial charge in [-0.1, -0.05) is 23.9 Å². The Hall–Kier alpha value is -2.80. The summed E-state index contributed by atoms with van der Waals surface area (Å²) >= 11 is 1.24. The highest BCUT2D eigenvalue weighted by molar-refractivity contribution is 7.99. The Morgan fingerprint density at radius 1 is 1.17 bits per heavy atom. The summed E-state index contributed by atoms with van der Waals surface area (Å²) in [7, 11) is 1.62. The Morgan fingerprint density at radius 2 is 2.00 bits per heavy atom. The standard InChI is InChI=1S/C17H12N2O4S/c1-19-12-7-6-10(8-15(12)23-17(19)21)13(20)9-24-16-18-11-4-2-3-5-14(11)22-16/h2-8H,9H2,1H3. The molecule has 7 heteroatoms. The quantitative estimate of drug-likeness (QED) is 0.419. The highest BCUT2D eigenvalue weighted by Crippen LogP contribution is 2.24. The number of hydrogen-bond donors (Lipinski definition) is 0. The van der Waals surface area contributed by atoms with Gasteiger partial charge in [-0.25, -0.2) is 9.78 Å². The minimum absolute atomic E-state index is 0.0874. The van der Waals surface area contributed by atoms with E-state index in [0.717, 1.165) is 5.52 Å². The van der Waals surface area contributed by atoms with Crippen LogP contribution >= 0.6 is 11.8 Å². The van der Waals surface area contributed by atoms with Crippen molar-refractivity contribution in [3.63, 3.8) is 0 Å². The molecular formula is C17H12N2O4S. The molecule has 0 spiro atoms. The molecule has 24 heavy (non-hydrogen) atoms. The first-order valence-electron chi connectivity index (χ1n) is 7.23. The van der Waals surface area contributed by atoms with Crippen molar-refractivity contribution in [2.45, 2.75) is 5.22 Å². The zero-order valence-corrected chi connectivity index (χ0v) is 13.5. The van der Waals surface area contributed by atoms with Crippen LogP contribution in [0.1, 0.15) is 10.4 Å². The third-order valence-electron chi connectivity index (χ3n) is 3.72. The summed E-state index contributed by atoms with van der Waals surface area (Å²) < 4.78 is 12.1. The molecule has 2 aromatic heterocycles. The molecule has 0 bridgehead atoms. The fourth-order valence-electron chi connectivity index (χ4n) is 2.43. The Bertz CT molecular complexity index is 1090. The molecule has 0 amide bonds. The van der Waals surface area contributed by atoms with Crippen LogP contribution in [0.25, 0.3) is 22.2 Å². The van der Waals surface area contributed by atoms with Crippen molar-refractivity contribution in [2.24, 2.45) is 7.05 Å². The van der Waals surface area contributed by atoms with E-state index in [2.05, 4.69) is 4.98 Å². The molecule has 2 aromatic carbocycles. The predicted molar refractivity (Wildman–Crippen MR) is 90.5 cm³/mol. The third-order valence-corrected chi connectivity index (χ3v) is 4.54. The number of carbonyl (C=O) groups excluding carboxylic acids is 1. The van der Waals surface area contributed by atoms with Crippen LogP contribution in [0.15, 0.2) is 61.3 Å². The fraction of sp³-hybridized carbons (Fsp3) is 0.118. The Morgan fingerprint density at radius 3 is 2.83 bits per heavy atom. The van der Waals surface area contributed by atoms with Crippen LogP contribution in [0.5, 0.6) is 0 Å². The maximum atomic E-state index is 12.4. The number of fused-ring (bicyclic) bond motifs is 2. The molecule has 2 heterocycles. The lowest BCUT2D eigenvalue weighted by molar-refractivity contribution is 0.102. The molecule has 0 saturated heterocycles. The summed E-state index contributed by atoms with van der Waals surface area (Å²) in [5.74, 6) is -0.346. The molecule has 4 aromatic rings. The van der Waals surface area contributed by atoms with Gasteiger partial charge in [0.1, 0.15) is 5.52 Å². The van der Waals surface area contributed by atoms with Crippen LogP contribution < -0.4 is 5.76 Å². The van der Waals surface area contributed by atoms with E-state index in [0.29, 0.717) is 27.5 Å². The van der Waals surface area contributed by atoms with Crippen LogP contribution in [0.4, 0.5) is 0 Å². The summed E-state index contributed by atoms with van der Waals surface area (Å²) in [6.07, 6.45) is 0. The first-order valence-corrected chi connectivity index (χ1v) is 8.21. The van der Waals surface area contributed by atoms with Gasteiger partial charge >= 0.3 is 5.76 Å². The SMILES string of the molecule is Cn1c(=O)oc2cc(C(=O)CSc3nc4ccccc4o3)ccc21. The normalized spacial score (nSPS) is 11.4. The first kappa shape index (κ1) is 14.8. The van der Waals surface area contributed by atoms with E-state index >= 15 is 0 Å². The summed E-state index contributed by atoms with van der Waals surface area (Å²) in [5, 5.41) is 0.455. The number of nitrogens with zero attached hydrogens (tertiary/aromatic N) is 2. The second kappa shape index (κ2) is 5.68. The van der Waals surface area contributed by atoms with Gasteiger partial charge in [0.2, 0.25) is 0 Å². The molecule has 0 atom stereocenters. The Labute approximate surface area is 140 Å². The van der Waals surface area contributed by atoms with Crippen LogP contribution in [-0.2, 0) is 7.05 Å². The van der Waals surface area contributed by atoms with Gasteiger partial charge in [-0.05, 0) is 30.3 Å². The number of oxazole rings is 2. The smallest absolute Gasteiger partial charge is 0.419 e. The number of ketones is 1. The van der Waals surface area contributed by atoms with Crippen LogP contribution in [0, 0.1) is 0 Å². The van der Waals surface area contributed by atoms with Gasteiger partial charge in [0.15, 0.2) is 16.9 Å². The van der Waals surface area contributed by atoms with Gasteiger partial charge in [-0.2, -0.15) is 0 Å². The number of aromatic nitrogens is 2. The maximum absolute atomic E-state index is 12.4. The summed E-state index contributed by atoms with van der Waals surface area (Å²) in [5.41, 5.74) is 3.00. The van der Waals surface area contributed by atoms with Crippen molar-refractivity contribution < 1.29 is 13.6 Å². The minimum Gasteiger partial charge on any atom is -0.431 e. The second-order valence-electron chi connectivity index (χ2n) is 5.27. The van der Waals surface area contributed by atoms with Crippen molar-refractivity contribution >= 4 is 39.7 Å². The van der Waals surface area contributed by atoms with Gasteiger partial charge in [-0.3, -0.25) is 9.36 Å². The highest BCUT2D eigenvalue weighted by Gasteiger charge is 2.13. The number of hydrogen-bond acceptors (Lipinski definition) is 6. The van der Waals surface area contributed by atoms with Crippen molar-refractivity contribution in [2.75, 3.05) is 5.75 Å². The van der Waals surface area contributed by atoms with Gasteiger partial charge in [0.05, 0.1) is 11.3 Å². The van der Waals surface area contributed by atoms with Crippen molar-refractivity contribution in [3.8, 4) is 0 Å². The molecule has 0 aliphatic carbocycles. The molecule has 0 N–H and O–H groups in total. The molecule has 0 saturated carbocycles. The molecule has 0 radical (unpaired) electrons. The number of rotatable bonds is 4. The summed E-state index contributed by atoms with van der Waals surface area (Å²) in [6.45, 7) is 0. The van der Waals surface area contributed by atoms with E-state index in [9.17, 15) is 9.59 Å². The Kier molecular flexibility index (Phi) is 3.50. The number of para-hydroxylation sites is 2. The zero-order chi connectivity index (χ0) is 16.7. The lowest BCUT2D eigenvalue weighted by Crippen LogP contribution is -2.08. The number of carbonyl (C=O) groups is 1. The zero-order valence-electron chi connectivity index (χ0n) is 12.7. The lowest BCUT2D eigenvalue weighted by Gasteiger charge is -1.99. The monoisotopic (exact) mass is 340 g/mol. The number of benzene rings is 2. The van der Waals surface area contributed by atoms with E-state index in [1.165, 1.54) is 16.3 Å². The number of Topliss-reactive ketones (excluding diaryl/α,β-unsaturated/α-hetero) is 1.